The Balaban J connectivity index is 2.42. The average Bonchev–Trinajstić information content (AvgIpc) is 2.88. The van der Waals surface area contributed by atoms with Gasteiger partial charge in [0.2, 0.25) is 22.7 Å². The number of furan rings is 1. The lowest BCUT2D eigenvalue weighted by atomic mass is 10.2. The second-order valence-corrected chi connectivity index (χ2v) is 6.13. The molecule has 0 spiro atoms. The quantitative estimate of drug-likeness (QED) is 0.708. The van der Waals surface area contributed by atoms with Gasteiger partial charge in [-0.2, -0.15) is 4.31 Å². The van der Waals surface area contributed by atoms with Crippen molar-refractivity contribution in [2.75, 3.05) is 6.54 Å². The number of carboxylic acid groups (broad SMARTS) is 1. The van der Waals surface area contributed by atoms with Crippen LogP contribution in [0.1, 0.15) is 23.9 Å². The largest absolute Gasteiger partial charge is 0.475 e. The van der Waals surface area contributed by atoms with Crippen LogP contribution in [0.5, 0.6) is 0 Å². The minimum atomic E-state index is -4.28. The first-order valence-electron chi connectivity index (χ1n) is 5.96. The summed E-state index contributed by atoms with van der Waals surface area (Å²) >= 11 is 0. The molecular formula is C11H12N2O7S. The number of hydrogen-bond acceptors (Lipinski definition) is 6. The molecule has 1 aromatic rings. The number of imide groups is 1. The molecule has 1 unspecified atom stereocenters. The van der Waals surface area contributed by atoms with Crippen molar-refractivity contribution < 1.29 is 32.3 Å². The molecule has 2 rings (SSSR count). The number of amides is 2. The number of piperazine rings is 1. The second kappa shape index (κ2) is 5.30. The number of carbonyl (C=O) groups is 3. The van der Waals surface area contributed by atoms with Crippen LogP contribution in [0.2, 0.25) is 0 Å². The summed E-state index contributed by atoms with van der Waals surface area (Å²) in [4.78, 5) is 33.8. The maximum Gasteiger partial charge on any atom is 0.371 e. The van der Waals surface area contributed by atoms with E-state index >= 15 is 0 Å². The Morgan fingerprint density at radius 3 is 2.67 bits per heavy atom. The van der Waals surface area contributed by atoms with Gasteiger partial charge in [-0.15, -0.1) is 0 Å². The third-order valence-corrected chi connectivity index (χ3v) is 4.68. The Morgan fingerprint density at radius 1 is 1.48 bits per heavy atom. The summed E-state index contributed by atoms with van der Waals surface area (Å²) in [6, 6.07) is 0.913. The molecule has 9 nitrogen and oxygen atoms in total. The lowest BCUT2D eigenvalue weighted by molar-refractivity contribution is -0.137. The summed E-state index contributed by atoms with van der Waals surface area (Å²) in [6.45, 7) is 1.06. The van der Waals surface area contributed by atoms with E-state index in [1.165, 1.54) is 0 Å². The van der Waals surface area contributed by atoms with E-state index in [4.69, 9.17) is 9.52 Å². The van der Waals surface area contributed by atoms with E-state index in [2.05, 4.69) is 0 Å². The fourth-order valence-electron chi connectivity index (χ4n) is 1.97. The van der Waals surface area contributed by atoms with Crippen LogP contribution in [-0.2, 0) is 19.6 Å². The zero-order chi connectivity index (χ0) is 15.8. The highest BCUT2D eigenvalue weighted by atomic mass is 32.2. The molecule has 2 heterocycles. The molecule has 2 N–H and O–H groups in total. The van der Waals surface area contributed by atoms with Crippen LogP contribution in [0.25, 0.3) is 0 Å². The molecule has 10 heteroatoms. The molecule has 1 saturated heterocycles. The van der Waals surface area contributed by atoms with E-state index in [0.29, 0.717) is 4.31 Å². The average molecular weight is 316 g/mol. The van der Waals surface area contributed by atoms with Crippen molar-refractivity contribution >= 4 is 27.8 Å². The molecule has 1 aromatic heterocycles. The summed E-state index contributed by atoms with van der Waals surface area (Å²) < 4.78 is 30.2. The Bertz CT molecular complexity index is 706. The van der Waals surface area contributed by atoms with E-state index in [-0.39, 0.29) is 6.42 Å². The van der Waals surface area contributed by atoms with Crippen molar-refractivity contribution in [3.8, 4) is 0 Å². The van der Waals surface area contributed by atoms with Gasteiger partial charge in [0.15, 0.2) is 0 Å². The summed E-state index contributed by atoms with van der Waals surface area (Å²) in [5, 5.41) is 10.2. The number of hydrogen-bond donors (Lipinski definition) is 2. The zero-order valence-electron chi connectivity index (χ0n) is 10.9. The summed E-state index contributed by atoms with van der Waals surface area (Å²) in [6.07, 6.45) is 0.158. The van der Waals surface area contributed by atoms with Crippen LogP contribution in [0.15, 0.2) is 21.6 Å². The molecule has 0 aromatic carbocycles. The molecule has 0 aliphatic carbocycles. The fraction of sp³-hybridized carbons (Fsp3) is 0.364. The minimum Gasteiger partial charge on any atom is -0.475 e. The van der Waals surface area contributed by atoms with Gasteiger partial charge in [0.25, 0.3) is 10.0 Å². The predicted molar refractivity (Wildman–Crippen MR) is 66.8 cm³/mol. The van der Waals surface area contributed by atoms with Gasteiger partial charge in [0, 0.05) is 0 Å². The maximum atomic E-state index is 12.4. The van der Waals surface area contributed by atoms with Crippen molar-refractivity contribution in [1.29, 1.82) is 0 Å². The predicted octanol–water partition coefficient (Wildman–Crippen LogP) is -0.596. The van der Waals surface area contributed by atoms with Gasteiger partial charge < -0.3 is 9.52 Å². The first kappa shape index (κ1) is 15.2. The molecule has 1 atom stereocenters. The molecular weight excluding hydrogens is 304 g/mol. The normalized spacial score (nSPS) is 20.3. The van der Waals surface area contributed by atoms with Gasteiger partial charge in [-0.3, -0.25) is 14.9 Å². The Labute approximate surface area is 119 Å². The molecule has 114 valence electrons. The van der Waals surface area contributed by atoms with Crippen LogP contribution >= 0.6 is 0 Å². The number of rotatable bonds is 4. The van der Waals surface area contributed by atoms with Gasteiger partial charge >= 0.3 is 5.97 Å². The molecule has 0 radical (unpaired) electrons. The number of nitrogens with zero attached hydrogens (tertiary/aromatic N) is 1. The second-order valence-electron chi connectivity index (χ2n) is 4.31. The van der Waals surface area contributed by atoms with Crippen LogP contribution in [-0.4, -0.2) is 48.2 Å². The highest BCUT2D eigenvalue weighted by Gasteiger charge is 2.42. The topological polar surface area (TPSA) is 134 Å². The van der Waals surface area contributed by atoms with Gasteiger partial charge in [-0.05, 0) is 18.6 Å². The van der Waals surface area contributed by atoms with E-state index < -0.39 is 51.2 Å². The van der Waals surface area contributed by atoms with Gasteiger partial charge in [0.05, 0.1) is 6.54 Å². The number of aromatic carboxylic acids is 1. The van der Waals surface area contributed by atoms with Crippen molar-refractivity contribution in [1.82, 2.24) is 9.62 Å². The smallest absolute Gasteiger partial charge is 0.371 e. The van der Waals surface area contributed by atoms with Crippen molar-refractivity contribution in [3.05, 3.63) is 17.9 Å². The Morgan fingerprint density at radius 2 is 2.14 bits per heavy atom. The first-order valence-corrected chi connectivity index (χ1v) is 7.40. The van der Waals surface area contributed by atoms with E-state index in [1.807, 2.05) is 5.32 Å². The molecule has 1 aliphatic heterocycles. The van der Waals surface area contributed by atoms with Crippen molar-refractivity contribution in [2.24, 2.45) is 0 Å². The van der Waals surface area contributed by atoms with Crippen LogP contribution in [0, 0.1) is 0 Å². The molecule has 21 heavy (non-hydrogen) atoms. The standard InChI is InChI=1S/C11H12N2O7S/c1-2-6-10(15)12-8(14)5-13(6)21(18,19)9-4-3-7(20-9)11(16)17/h3-4,6H,2,5H2,1H3,(H,16,17)(H,12,14,15). The van der Waals surface area contributed by atoms with Gasteiger partial charge in [0.1, 0.15) is 6.04 Å². The summed E-state index contributed by atoms with van der Waals surface area (Å²) in [7, 11) is -4.28. The number of carboxylic acids is 1. The lowest BCUT2D eigenvalue weighted by Gasteiger charge is -2.31. The Hall–Kier alpha value is -2.20. The van der Waals surface area contributed by atoms with Gasteiger partial charge in [-0.1, -0.05) is 6.92 Å². The van der Waals surface area contributed by atoms with Gasteiger partial charge in [-0.25, -0.2) is 13.2 Å². The third kappa shape index (κ3) is 2.67. The highest BCUT2D eigenvalue weighted by molar-refractivity contribution is 7.89. The minimum absolute atomic E-state index is 0.158. The van der Waals surface area contributed by atoms with Crippen molar-refractivity contribution in [2.45, 2.75) is 24.5 Å². The number of sulfonamides is 1. The lowest BCUT2D eigenvalue weighted by Crippen LogP contribution is -2.59. The molecule has 0 saturated carbocycles. The third-order valence-electron chi connectivity index (χ3n) is 2.95. The number of carbonyl (C=O) groups excluding carboxylic acids is 2. The highest BCUT2D eigenvalue weighted by Crippen LogP contribution is 2.23. The van der Waals surface area contributed by atoms with Crippen LogP contribution in [0.3, 0.4) is 0 Å². The van der Waals surface area contributed by atoms with E-state index in [0.717, 1.165) is 12.1 Å². The van der Waals surface area contributed by atoms with Crippen molar-refractivity contribution in [3.63, 3.8) is 0 Å². The van der Waals surface area contributed by atoms with E-state index in [9.17, 15) is 22.8 Å². The van der Waals surface area contributed by atoms with Crippen LogP contribution in [0.4, 0.5) is 0 Å². The fourth-order valence-corrected chi connectivity index (χ4v) is 3.51. The van der Waals surface area contributed by atoms with Crippen LogP contribution < -0.4 is 5.32 Å². The zero-order valence-corrected chi connectivity index (χ0v) is 11.7. The summed E-state index contributed by atoms with van der Waals surface area (Å²) in [5.74, 6) is -3.44. The molecule has 1 aliphatic rings. The summed E-state index contributed by atoms with van der Waals surface area (Å²) in [5.41, 5.74) is 0. The molecule has 1 fully saturated rings. The Kier molecular flexibility index (Phi) is 3.83. The first-order chi connectivity index (χ1) is 9.77. The maximum absolute atomic E-state index is 12.4. The van der Waals surface area contributed by atoms with E-state index in [1.54, 1.807) is 6.92 Å². The SMILES string of the molecule is CCC1C(=O)NC(=O)CN1S(=O)(=O)c1ccc(C(=O)O)o1. The molecule has 0 bridgehead atoms. The number of nitrogens with one attached hydrogen (secondary N) is 1. The molecule has 2 amide bonds. The monoisotopic (exact) mass is 316 g/mol.